The molecular weight excluding hydrogens is 350 g/mol. The largest absolute Gasteiger partial charge is 0.497 e. The molecule has 1 aromatic heterocycles. The summed E-state index contributed by atoms with van der Waals surface area (Å²) in [5.41, 5.74) is 0.949. The van der Waals surface area contributed by atoms with Crippen LogP contribution < -0.4 is 10.1 Å². The maximum Gasteiger partial charge on any atom is 0.230 e. The van der Waals surface area contributed by atoms with Gasteiger partial charge in [0.1, 0.15) is 5.75 Å². The summed E-state index contributed by atoms with van der Waals surface area (Å²) in [6.45, 7) is 4.65. The summed E-state index contributed by atoms with van der Waals surface area (Å²) in [7, 11) is 5.71. The van der Waals surface area contributed by atoms with E-state index < -0.39 is 0 Å². The molecule has 0 fully saturated rings. The van der Waals surface area contributed by atoms with Gasteiger partial charge in [0.15, 0.2) is 11.0 Å². The molecule has 1 atom stereocenters. The van der Waals surface area contributed by atoms with E-state index in [4.69, 9.17) is 4.74 Å². The molecule has 0 aliphatic carbocycles. The summed E-state index contributed by atoms with van der Waals surface area (Å²) in [6.07, 6.45) is 0.905. The number of hydrogen-bond acceptors (Lipinski definition) is 6. The highest BCUT2D eigenvalue weighted by atomic mass is 32.2. The lowest BCUT2D eigenvalue weighted by atomic mass is 10.2. The van der Waals surface area contributed by atoms with E-state index in [0.29, 0.717) is 17.5 Å². The van der Waals surface area contributed by atoms with Crippen molar-refractivity contribution in [2.24, 2.45) is 0 Å². The number of ether oxygens (including phenoxy) is 1. The van der Waals surface area contributed by atoms with Crippen molar-refractivity contribution >= 4 is 17.7 Å². The number of benzene rings is 1. The van der Waals surface area contributed by atoms with Gasteiger partial charge in [-0.15, -0.1) is 10.2 Å². The summed E-state index contributed by atoms with van der Waals surface area (Å²) in [5.74, 6) is 1.95. The Morgan fingerprint density at radius 3 is 2.50 bits per heavy atom. The third-order valence-electron chi connectivity index (χ3n) is 4.00. The second kappa shape index (κ2) is 9.59. The third-order valence-corrected chi connectivity index (χ3v) is 4.93. The monoisotopic (exact) mass is 377 g/mol. The molecule has 26 heavy (non-hydrogen) atoms. The molecule has 0 spiro atoms. The number of rotatable bonds is 9. The number of carbonyl (C=O) groups is 1. The maximum atomic E-state index is 11.8. The van der Waals surface area contributed by atoms with Gasteiger partial charge in [0, 0.05) is 12.2 Å². The van der Waals surface area contributed by atoms with Crippen LogP contribution in [-0.2, 0) is 4.79 Å². The minimum atomic E-state index is -0.0111. The molecule has 1 amide bonds. The van der Waals surface area contributed by atoms with E-state index >= 15 is 0 Å². The van der Waals surface area contributed by atoms with Crippen LogP contribution in [0.3, 0.4) is 0 Å². The first-order valence-corrected chi connectivity index (χ1v) is 9.66. The Labute approximate surface area is 159 Å². The molecular formula is C18H27N5O2S. The molecule has 0 saturated heterocycles. The van der Waals surface area contributed by atoms with Gasteiger partial charge in [-0.05, 0) is 51.7 Å². The molecule has 0 saturated carbocycles. The molecule has 7 nitrogen and oxygen atoms in total. The summed E-state index contributed by atoms with van der Waals surface area (Å²) >= 11 is 1.39. The smallest absolute Gasteiger partial charge is 0.230 e. The molecule has 1 N–H and O–H groups in total. The first kappa shape index (κ1) is 20.3. The number of hydrogen-bond donors (Lipinski definition) is 1. The molecule has 2 rings (SSSR count). The van der Waals surface area contributed by atoms with E-state index in [-0.39, 0.29) is 11.9 Å². The molecule has 0 aliphatic heterocycles. The summed E-state index contributed by atoms with van der Waals surface area (Å²) < 4.78 is 7.28. The van der Waals surface area contributed by atoms with Gasteiger partial charge in [-0.1, -0.05) is 18.7 Å². The molecule has 1 heterocycles. The fourth-order valence-electron chi connectivity index (χ4n) is 2.72. The van der Waals surface area contributed by atoms with Crippen LogP contribution in [0.2, 0.25) is 0 Å². The zero-order valence-corrected chi connectivity index (χ0v) is 16.8. The Bertz CT molecular complexity index is 715. The van der Waals surface area contributed by atoms with Gasteiger partial charge in [-0.2, -0.15) is 0 Å². The van der Waals surface area contributed by atoms with E-state index in [1.54, 1.807) is 7.11 Å². The second-order valence-electron chi connectivity index (χ2n) is 6.00. The van der Waals surface area contributed by atoms with E-state index in [9.17, 15) is 4.79 Å². The van der Waals surface area contributed by atoms with E-state index in [2.05, 4.69) is 27.3 Å². The number of aromatic nitrogens is 3. The van der Waals surface area contributed by atoms with Crippen molar-refractivity contribution in [2.75, 3.05) is 33.5 Å². The van der Waals surface area contributed by atoms with Gasteiger partial charge >= 0.3 is 0 Å². The quantitative estimate of drug-likeness (QED) is 0.677. The zero-order valence-electron chi connectivity index (χ0n) is 16.0. The highest BCUT2D eigenvalue weighted by Gasteiger charge is 2.23. The molecule has 1 unspecified atom stereocenters. The van der Waals surface area contributed by atoms with Crippen LogP contribution in [0.15, 0.2) is 29.4 Å². The Balaban J connectivity index is 2.41. The van der Waals surface area contributed by atoms with Gasteiger partial charge in [0.2, 0.25) is 5.91 Å². The Morgan fingerprint density at radius 2 is 1.96 bits per heavy atom. The predicted molar refractivity (Wildman–Crippen MR) is 104 cm³/mol. The zero-order chi connectivity index (χ0) is 19.1. The molecule has 0 bridgehead atoms. The van der Waals surface area contributed by atoms with Crippen LogP contribution in [0.5, 0.6) is 5.75 Å². The van der Waals surface area contributed by atoms with Crippen molar-refractivity contribution in [2.45, 2.75) is 31.5 Å². The molecule has 2 aromatic rings. The molecule has 8 heteroatoms. The number of thioether (sulfide) groups is 1. The van der Waals surface area contributed by atoms with Crippen molar-refractivity contribution in [1.82, 2.24) is 25.0 Å². The predicted octanol–water partition coefficient (Wildman–Crippen LogP) is 2.52. The maximum absolute atomic E-state index is 11.8. The third kappa shape index (κ3) is 4.76. The highest BCUT2D eigenvalue weighted by molar-refractivity contribution is 7.99. The molecule has 0 radical (unpaired) electrons. The summed E-state index contributed by atoms with van der Waals surface area (Å²) in [4.78, 5) is 14.0. The standard InChI is InChI=1S/C18H27N5O2S/c1-6-15(22(3)4)17-20-21-18(26-12-16(24)19-7-2)23(17)13-8-10-14(25-5)11-9-13/h8-11,15H,6-7,12H2,1-5H3,(H,19,24). The fraction of sp³-hybridized carbons (Fsp3) is 0.500. The van der Waals surface area contributed by atoms with Crippen LogP contribution in [-0.4, -0.2) is 59.1 Å². The lowest BCUT2D eigenvalue weighted by molar-refractivity contribution is -0.118. The number of amides is 1. The topological polar surface area (TPSA) is 72.3 Å². The van der Waals surface area contributed by atoms with Crippen molar-refractivity contribution < 1.29 is 9.53 Å². The second-order valence-corrected chi connectivity index (χ2v) is 6.95. The normalized spacial score (nSPS) is 12.2. The van der Waals surface area contributed by atoms with Crippen molar-refractivity contribution in [3.05, 3.63) is 30.1 Å². The SMILES string of the molecule is CCNC(=O)CSc1nnc(C(CC)N(C)C)n1-c1ccc(OC)cc1. The van der Waals surface area contributed by atoms with Gasteiger partial charge in [0.25, 0.3) is 0 Å². The number of nitrogens with zero attached hydrogens (tertiary/aromatic N) is 4. The van der Waals surface area contributed by atoms with Crippen LogP contribution >= 0.6 is 11.8 Å². The van der Waals surface area contributed by atoms with Gasteiger partial charge in [0.05, 0.1) is 18.9 Å². The first-order valence-electron chi connectivity index (χ1n) is 8.67. The number of carbonyl (C=O) groups excluding carboxylic acids is 1. The lowest BCUT2D eigenvalue weighted by Gasteiger charge is -2.23. The Hall–Kier alpha value is -2.06. The molecule has 1 aromatic carbocycles. The van der Waals surface area contributed by atoms with Crippen LogP contribution in [0.1, 0.15) is 32.1 Å². The Kier molecular flexibility index (Phi) is 7.47. The number of nitrogens with one attached hydrogen (secondary N) is 1. The van der Waals surface area contributed by atoms with Crippen LogP contribution in [0, 0.1) is 0 Å². The van der Waals surface area contributed by atoms with Crippen LogP contribution in [0.25, 0.3) is 5.69 Å². The lowest BCUT2D eigenvalue weighted by Crippen LogP contribution is -2.25. The van der Waals surface area contributed by atoms with Crippen molar-refractivity contribution in [3.63, 3.8) is 0 Å². The van der Waals surface area contributed by atoms with E-state index in [1.807, 2.05) is 49.9 Å². The van der Waals surface area contributed by atoms with Gasteiger partial charge < -0.3 is 10.1 Å². The fourth-order valence-corrected chi connectivity index (χ4v) is 3.51. The first-order chi connectivity index (χ1) is 12.5. The molecule has 0 aliphatic rings. The van der Waals surface area contributed by atoms with Gasteiger partial charge in [-0.25, -0.2) is 0 Å². The van der Waals surface area contributed by atoms with E-state index in [0.717, 1.165) is 23.7 Å². The van der Waals surface area contributed by atoms with Gasteiger partial charge in [-0.3, -0.25) is 14.3 Å². The van der Waals surface area contributed by atoms with Crippen molar-refractivity contribution in [1.29, 1.82) is 0 Å². The van der Waals surface area contributed by atoms with E-state index in [1.165, 1.54) is 11.8 Å². The minimum absolute atomic E-state index is 0.0111. The number of methoxy groups -OCH3 is 1. The van der Waals surface area contributed by atoms with Crippen LogP contribution in [0.4, 0.5) is 0 Å². The summed E-state index contributed by atoms with van der Waals surface area (Å²) in [5, 5.41) is 12.3. The minimum Gasteiger partial charge on any atom is -0.497 e. The summed E-state index contributed by atoms with van der Waals surface area (Å²) in [6, 6.07) is 7.90. The van der Waals surface area contributed by atoms with Crippen molar-refractivity contribution in [3.8, 4) is 11.4 Å². The highest BCUT2D eigenvalue weighted by Crippen LogP contribution is 2.29. The Morgan fingerprint density at radius 1 is 1.27 bits per heavy atom. The average Bonchev–Trinajstić information content (AvgIpc) is 3.04. The molecule has 142 valence electrons. The average molecular weight is 378 g/mol.